The van der Waals surface area contributed by atoms with E-state index in [4.69, 9.17) is 10.5 Å². The van der Waals surface area contributed by atoms with Gasteiger partial charge in [0.1, 0.15) is 0 Å². The zero-order chi connectivity index (χ0) is 13.0. The van der Waals surface area contributed by atoms with Gasteiger partial charge in [-0.05, 0) is 31.3 Å². The molecule has 112 valence electrons. The highest BCUT2D eigenvalue weighted by Gasteiger charge is 2.41. The summed E-state index contributed by atoms with van der Waals surface area (Å²) in [6, 6.07) is -0.339. The van der Waals surface area contributed by atoms with Crippen molar-refractivity contribution in [3.63, 3.8) is 0 Å². The van der Waals surface area contributed by atoms with Crippen molar-refractivity contribution in [1.29, 1.82) is 0 Å². The average molecular weight is 309 g/mol. The van der Waals surface area contributed by atoms with Crippen LogP contribution in [-0.2, 0) is 9.53 Å². The predicted octanol–water partition coefficient (Wildman–Crippen LogP) is 1.66. The number of hydrogen-bond acceptors (Lipinski definition) is 4. The van der Waals surface area contributed by atoms with Crippen molar-refractivity contribution < 1.29 is 9.53 Å². The number of thioether (sulfide) groups is 1. The third-order valence-electron chi connectivity index (χ3n) is 4.03. The fraction of sp³-hybridized carbons (Fsp3) is 0.923. The summed E-state index contributed by atoms with van der Waals surface area (Å²) in [5, 5.41) is 0. The van der Waals surface area contributed by atoms with E-state index in [9.17, 15) is 4.79 Å². The SMILES string of the molecule is CSCC[C@H](N)C(=O)N1CCOC2(CCCC2)C1.Cl. The number of nitrogens with zero attached hydrogens (tertiary/aromatic N) is 1. The van der Waals surface area contributed by atoms with Crippen LogP contribution in [0.3, 0.4) is 0 Å². The molecule has 19 heavy (non-hydrogen) atoms. The van der Waals surface area contributed by atoms with Crippen LogP contribution in [0.25, 0.3) is 0 Å². The van der Waals surface area contributed by atoms with Crippen LogP contribution < -0.4 is 5.73 Å². The van der Waals surface area contributed by atoms with Crippen LogP contribution in [0, 0.1) is 0 Å². The van der Waals surface area contributed by atoms with E-state index in [0.717, 1.165) is 31.6 Å². The molecule has 0 unspecified atom stereocenters. The van der Waals surface area contributed by atoms with Crippen LogP contribution in [0.1, 0.15) is 32.1 Å². The topological polar surface area (TPSA) is 55.6 Å². The van der Waals surface area contributed by atoms with E-state index in [1.807, 2.05) is 11.2 Å². The van der Waals surface area contributed by atoms with E-state index in [2.05, 4.69) is 0 Å². The van der Waals surface area contributed by atoms with E-state index in [1.54, 1.807) is 11.8 Å². The van der Waals surface area contributed by atoms with Crippen molar-refractivity contribution in [1.82, 2.24) is 4.90 Å². The van der Waals surface area contributed by atoms with Crippen molar-refractivity contribution in [3.05, 3.63) is 0 Å². The maximum Gasteiger partial charge on any atom is 0.239 e. The van der Waals surface area contributed by atoms with Gasteiger partial charge in [0.2, 0.25) is 5.91 Å². The maximum atomic E-state index is 12.3. The van der Waals surface area contributed by atoms with Gasteiger partial charge in [-0.3, -0.25) is 4.79 Å². The summed E-state index contributed by atoms with van der Waals surface area (Å²) in [7, 11) is 0. The van der Waals surface area contributed by atoms with Crippen molar-refractivity contribution in [3.8, 4) is 0 Å². The zero-order valence-electron chi connectivity index (χ0n) is 11.6. The molecule has 0 aromatic carbocycles. The first-order chi connectivity index (χ1) is 8.67. The van der Waals surface area contributed by atoms with Gasteiger partial charge in [0, 0.05) is 13.1 Å². The monoisotopic (exact) mass is 308 g/mol. The van der Waals surface area contributed by atoms with Gasteiger partial charge in [-0.2, -0.15) is 11.8 Å². The fourth-order valence-electron chi connectivity index (χ4n) is 2.96. The van der Waals surface area contributed by atoms with Gasteiger partial charge in [-0.25, -0.2) is 0 Å². The Morgan fingerprint density at radius 1 is 1.47 bits per heavy atom. The van der Waals surface area contributed by atoms with E-state index in [0.29, 0.717) is 13.2 Å². The molecule has 1 atom stereocenters. The van der Waals surface area contributed by atoms with Crippen LogP contribution in [0.2, 0.25) is 0 Å². The minimum atomic E-state index is -0.339. The summed E-state index contributed by atoms with van der Waals surface area (Å²) in [6.45, 7) is 2.12. The molecule has 1 aliphatic heterocycles. The standard InChI is InChI=1S/C13H24N2O2S.ClH/c1-18-9-4-11(14)12(16)15-7-8-17-13(10-15)5-2-3-6-13;/h11H,2-10,14H2,1H3;1H/t11-;/m0./s1. The van der Waals surface area contributed by atoms with E-state index in [1.165, 1.54) is 12.8 Å². The Kier molecular flexibility index (Phi) is 6.94. The van der Waals surface area contributed by atoms with Crippen molar-refractivity contribution >= 4 is 30.1 Å². The second-order valence-electron chi connectivity index (χ2n) is 5.39. The van der Waals surface area contributed by atoms with Gasteiger partial charge in [-0.1, -0.05) is 12.8 Å². The summed E-state index contributed by atoms with van der Waals surface area (Å²) in [5.74, 6) is 1.06. The lowest BCUT2D eigenvalue weighted by molar-refractivity contribution is -0.151. The highest BCUT2D eigenvalue weighted by molar-refractivity contribution is 7.98. The smallest absolute Gasteiger partial charge is 0.239 e. The Morgan fingerprint density at radius 2 is 2.16 bits per heavy atom. The minimum absolute atomic E-state index is 0. The number of halogens is 1. The van der Waals surface area contributed by atoms with E-state index >= 15 is 0 Å². The highest BCUT2D eigenvalue weighted by atomic mass is 35.5. The molecule has 0 bridgehead atoms. The Hall–Kier alpha value is 0.0300. The molecular weight excluding hydrogens is 284 g/mol. The van der Waals surface area contributed by atoms with Crippen molar-refractivity contribution in [2.75, 3.05) is 31.7 Å². The molecule has 4 nitrogen and oxygen atoms in total. The predicted molar refractivity (Wildman–Crippen MR) is 82.0 cm³/mol. The molecule has 0 aromatic heterocycles. The first kappa shape index (κ1) is 17.1. The maximum absolute atomic E-state index is 12.3. The van der Waals surface area contributed by atoms with Crippen LogP contribution in [-0.4, -0.2) is 54.2 Å². The number of rotatable bonds is 4. The molecule has 2 rings (SSSR count). The molecule has 1 amide bonds. The average Bonchev–Trinajstić information content (AvgIpc) is 2.83. The molecule has 2 aliphatic rings. The molecule has 2 fully saturated rings. The van der Waals surface area contributed by atoms with Crippen LogP contribution in [0.4, 0.5) is 0 Å². The van der Waals surface area contributed by atoms with Crippen LogP contribution in [0.5, 0.6) is 0 Å². The van der Waals surface area contributed by atoms with E-state index < -0.39 is 0 Å². The van der Waals surface area contributed by atoms with Crippen LogP contribution in [0.15, 0.2) is 0 Å². The first-order valence-electron chi connectivity index (χ1n) is 6.84. The Labute approximate surface area is 126 Å². The second-order valence-corrected chi connectivity index (χ2v) is 6.37. The molecule has 1 aliphatic carbocycles. The van der Waals surface area contributed by atoms with Gasteiger partial charge >= 0.3 is 0 Å². The van der Waals surface area contributed by atoms with Crippen LogP contribution >= 0.6 is 24.2 Å². The highest BCUT2D eigenvalue weighted by Crippen LogP contribution is 2.35. The van der Waals surface area contributed by atoms with Gasteiger partial charge in [-0.15, -0.1) is 12.4 Å². The fourth-order valence-corrected chi connectivity index (χ4v) is 3.45. The molecule has 6 heteroatoms. The first-order valence-corrected chi connectivity index (χ1v) is 8.23. The van der Waals surface area contributed by atoms with E-state index in [-0.39, 0.29) is 30.0 Å². The molecule has 2 N–H and O–H groups in total. The number of hydrogen-bond donors (Lipinski definition) is 1. The summed E-state index contributed by atoms with van der Waals surface area (Å²) < 4.78 is 5.93. The van der Waals surface area contributed by atoms with Gasteiger partial charge in [0.05, 0.1) is 18.2 Å². The number of carbonyl (C=O) groups excluding carboxylic acids is 1. The van der Waals surface area contributed by atoms with Crippen molar-refractivity contribution in [2.24, 2.45) is 5.73 Å². The molecule has 1 saturated carbocycles. The summed E-state index contributed by atoms with van der Waals surface area (Å²) in [5.41, 5.74) is 5.93. The van der Waals surface area contributed by atoms with Crippen molar-refractivity contribution in [2.45, 2.75) is 43.7 Å². The minimum Gasteiger partial charge on any atom is -0.371 e. The Bertz CT molecular complexity index is 298. The molecule has 1 heterocycles. The number of morpholine rings is 1. The third-order valence-corrected chi connectivity index (χ3v) is 4.67. The largest absolute Gasteiger partial charge is 0.371 e. The number of amides is 1. The second kappa shape index (κ2) is 7.72. The lowest BCUT2D eigenvalue weighted by Gasteiger charge is -2.41. The zero-order valence-corrected chi connectivity index (χ0v) is 13.2. The third kappa shape index (κ3) is 4.25. The van der Waals surface area contributed by atoms with Gasteiger partial charge in [0.15, 0.2) is 0 Å². The number of ether oxygens (including phenoxy) is 1. The molecule has 1 saturated heterocycles. The Balaban J connectivity index is 0.00000180. The lowest BCUT2D eigenvalue weighted by atomic mass is 9.99. The molecule has 0 aromatic rings. The quantitative estimate of drug-likeness (QED) is 0.858. The molecule has 0 radical (unpaired) electrons. The summed E-state index contributed by atoms with van der Waals surface area (Å²) in [6.07, 6.45) is 7.44. The molecule has 1 spiro atoms. The lowest BCUT2D eigenvalue weighted by Crippen LogP contribution is -2.56. The number of nitrogens with two attached hydrogens (primary N) is 1. The summed E-state index contributed by atoms with van der Waals surface area (Å²) >= 11 is 1.74. The Morgan fingerprint density at radius 3 is 2.79 bits per heavy atom. The number of carbonyl (C=O) groups is 1. The normalized spacial score (nSPS) is 23.2. The van der Waals surface area contributed by atoms with Gasteiger partial charge < -0.3 is 15.4 Å². The summed E-state index contributed by atoms with van der Waals surface area (Å²) in [4.78, 5) is 14.2. The van der Waals surface area contributed by atoms with Gasteiger partial charge in [0.25, 0.3) is 0 Å². The molecular formula is C13H25ClN2O2S.